The molecule has 0 aromatic heterocycles. The van der Waals surface area contributed by atoms with Crippen molar-refractivity contribution in [2.75, 3.05) is 29.9 Å². The van der Waals surface area contributed by atoms with Crippen LogP contribution in [0.2, 0.25) is 5.02 Å². The number of rotatable bonds is 13. The number of carbonyl (C=O) groups is 2. The first-order valence-electron chi connectivity index (χ1n) is 12.4. The molecule has 2 aromatic carbocycles. The van der Waals surface area contributed by atoms with Gasteiger partial charge in [0.25, 0.3) is 0 Å². The van der Waals surface area contributed by atoms with Gasteiger partial charge >= 0.3 is 0 Å². The monoisotopic (exact) mass is 551 g/mol. The fourth-order valence-electron chi connectivity index (χ4n) is 4.00. The third-order valence-corrected chi connectivity index (χ3v) is 8.25. The summed E-state index contributed by atoms with van der Waals surface area (Å²) in [6.45, 7) is 5.45. The molecule has 11 heteroatoms. The molecule has 0 saturated heterocycles. The smallest absolute Gasteiger partial charge is 0.244 e. The second-order valence-electron chi connectivity index (χ2n) is 8.63. The highest BCUT2D eigenvalue weighted by Gasteiger charge is 2.33. The highest BCUT2D eigenvalue weighted by Crippen LogP contribution is 2.36. The van der Waals surface area contributed by atoms with Crippen molar-refractivity contribution >= 4 is 39.1 Å². The molecule has 1 aliphatic heterocycles. The molecule has 202 valence electrons. The Morgan fingerprint density at radius 1 is 1.08 bits per heavy atom. The predicted molar refractivity (Wildman–Crippen MR) is 143 cm³/mol. The van der Waals surface area contributed by atoms with Crippen LogP contribution in [0.15, 0.2) is 42.5 Å². The molecule has 2 amide bonds. The van der Waals surface area contributed by atoms with Crippen molar-refractivity contribution in [3.63, 3.8) is 0 Å². The number of unbranched alkanes of at least 4 members (excludes halogenated alkanes) is 1. The van der Waals surface area contributed by atoms with Crippen molar-refractivity contribution in [3.05, 3.63) is 53.1 Å². The maximum absolute atomic E-state index is 13.8. The van der Waals surface area contributed by atoms with E-state index < -0.39 is 28.5 Å². The number of ether oxygens (including phenoxy) is 2. The fourth-order valence-corrected chi connectivity index (χ4v) is 5.24. The number of anilines is 1. The molecule has 0 unspecified atom stereocenters. The molecule has 3 rings (SSSR count). The van der Waals surface area contributed by atoms with E-state index in [0.29, 0.717) is 35.1 Å². The van der Waals surface area contributed by atoms with Crippen molar-refractivity contribution in [2.45, 2.75) is 52.6 Å². The first-order valence-corrected chi connectivity index (χ1v) is 14.4. The highest BCUT2D eigenvalue weighted by molar-refractivity contribution is 7.92. The van der Waals surface area contributed by atoms with Crippen LogP contribution in [0, 0.1) is 0 Å². The molecule has 1 heterocycles. The van der Waals surface area contributed by atoms with Crippen LogP contribution >= 0.6 is 11.6 Å². The van der Waals surface area contributed by atoms with Gasteiger partial charge in [-0.25, -0.2) is 8.42 Å². The number of hydrogen-bond acceptors (Lipinski definition) is 6. The predicted octanol–water partition coefficient (Wildman–Crippen LogP) is 3.95. The van der Waals surface area contributed by atoms with Crippen LogP contribution in [-0.2, 0) is 26.2 Å². The third-order valence-electron chi connectivity index (χ3n) is 6.14. The standard InChI is InChI=1S/C26H34ClN3O6S/c1-4-7-14-28-26(32)22(5-2)29(16-19-10-8-9-11-21(19)27)25(31)17-30(37(33,34)6-3)20-12-13-23-24(15-20)36-18-35-23/h8-13,15,22H,4-7,14,16-18H2,1-3H3,(H,28,32)/t22-/m1/s1. The average molecular weight is 552 g/mol. The van der Waals surface area contributed by atoms with Crippen molar-refractivity contribution in [1.82, 2.24) is 10.2 Å². The van der Waals surface area contributed by atoms with Crippen LogP contribution < -0.4 is 19.1 Å². The minimum Gasteiger partial charge on any atom is -0.454 e. The van der Waals surface area contributed by atoms with E-state index in [1.807, 2.05) is 13.8 Å². The molecule has 0 saturated carbocycles. The van der Waals surface area contributed by atoms with Crippen LogP contribution in [0.1, 0.15) is 45.6 Å². The largest absolute Gasteiger partial charge is 0.454 e. The summed E-state index contributed by atoms with van der Waals surface area (Å²) >= 11 is 6.38. The van der Waals surface area contributed by atoms with Crippen molar-refractivity contribution < 1.29 is 27.5 Å². The maximum Gasteiger partial charge on any atom is 0.244 e. The van der Waals surface area contributed by atoms with Gasteiger partial charge in [-0.15, -0.1) is 0 Å². The summed E-state index contributed by atoms with van der Waals surface area (Å²) in [5.41, 5.74) is 0.933. The van der Waals surface area contributed by atoms with Gasteiger partial charge in [-0.05, 0) is 43.5 Å². The maximum atomic E-state index is 13.8. The van der Waals surface area contributed by atoms with E-state index in [9.17, 15) is 18.0 Å². The third kappa shape index (κ3) is 7.07. The van der Waals surface area contributed by atoms with E-state index in [4.69, 9.17) is 21.1 Å². The first kappa shape index (κ1) is 28.6. The number of amides is 2. The lowest BCUT2D eigenvalue weighted by Crippen LogP contribution is -2.52. The molecule has 37 heavy (non-hydrogen) atoms. The lowest BCUT2D eigenvalue weighted by atomic mass is 10.1. The SMILES string of the molecule is CCCCNC(=O)[C@@H](CC)N(Cc1ccccc1Cl)C(=O)CN(c1ccc2c(c1)OCO2)S(=O)(=O)CC. The molecule has 1 N–H and O–H groups in total. The van der Waals surface area contributed by atoms with Crippen LogP contribution in [0.3, 0.4) is 0 Å². The summed E-state index contributed by atoms with van der Waals surface area (Å²) in [6, 6.07) is 11.0. The Labute approximate surface area is 223 Å². The number of hydrogen-bond donors (Lipinski definition) is 1. The van der Waals surface area contributed by atoms with Crippen molar-refractivity contribution in [1.29, 1.82) is 0 Å². The Morgan fingerprint density at radius 2 is 1.81 bits per heavy atom. The number of nitrogens with zero attached hydrogens (tertiary/aromatic N) is 2. The number of fused-ring (bicyclic) bond motifs is 1. The van der Waals surface area contributed by atoms with Crippen LogP contribution in [-0.4, -0.2) is 56.8 Å². The zero-order valence-electron chi connectivity index (χ0n) is 21.4. The van der Waals surface area contributed by atoms with Gasteiger partial charge in [0.1, 0.15) is 12.6 Å². The van der Waals surface area contributed by atoms with E-state index >= 15 is 0 Å². The number of halogens is 1. The summed E-state index contributed by atoms with van der Waals surface area (Å²) < 4.78 is 38.0. The molecule has 0 bridgehead atoms. The Bertz CT molecular complexity index is 1210. The quantitative estimate of drug-likeness (QED) is 0.378. The fraction of sp³-hybridized carbons (Fsp3) is 0.462. The second kappa shape index (κ2) is 13.0. The summed E-state index contributed by atoms with van der Waals surface area (Å²) in [7, 11) is -3.85. The average Bonchev–Trinajstić information content (AvgIpc) is 3.36. The van der Waals surface area contributed by atoms with Gasteiger partial charge in [-0.3, -0.25) is 13.9 Å². The molecular formula is C26H34ClN3O6S. The Kier molecular flexibility index (Phi) is 10.0. The van der Waals surface area contributed by atoms with E-state index in [2.05, 4.69) is 5.32 Å². The molecule has 9 nitrogen and oxygen atoms in total. The highest BCUT2D eigenvalue weighted by atomic mass is 35.5. The van der Waals surface area contributed by atoms with Gasteiger partial charge in [-0.2, -0.15) is 0 Å². The molecule has 1 aliphatic rings. The van der Waals surface area contributed by atoms with Gasteiger partial charge in [0, 0.05) is 24.2 Å². The Hall–Kier alpha value is -2.98. The number of carbonyl (C=O) groups excluding carboxylic acids is 2. The van der Waals surface area contributed by atoms with Crippen molar-refractivity contribution in [2.24, 2.45) is 0 Å². The van der Waals surface area contributed by atoms with Gasteiger partial charge in [-0.1, -0.05) is 50.1 Å². The lowest BCUT2D eigenvalue weighted by Gasteiger charge is -2.33. The topological polar surface area (TPSA) is 105 Å². The van der Waals surface area contributed by atoms with Gasteiger partial charge in [0.15, 0.2) is 11.5 Å². The van der Waals surface area contributed by atoms with Crippen molar-refractivity contribution in [3.8, 4) is 11.5 Å². The molecule has 0 radical (unpaired) electrons. The van der Waals surface area contributed by atoms with Gasteiger partial charge in [0.2, 0.25) is 28.6 Å². The minimum atomic E-state index is -3.85. The number of benzene rings is 2. The zero-order valence-corrected chi connectivity index (χ0v) is 23.0. The van der Waals surface area contributed by atoms with Crippen LogP contribution in [0.5, 0.6) is 11.5 Å². The summed E-state index contributed by atoms with van der Waals surface area (Å²) in [4.78, 5) is 28.3. The van der Waals surface area contributed by atoms with Gasteiger partial charge in [0.05, 0.1) is 11.4 Å². The summed E-state index contributed by atoms with van der Waals surface area (Å²) in [5, 5.41) is 3.35. The molecule has 0 fully saturated rings. The molecule has 1 atom stereocenters. The summed E-state index contributed by atoms with van der Waals surface area (Å²) in [6.07, 6.45) is 2.07. The first-order chi connectivity index (χ1) is 17.7. The lowest BCUT2D eigenvalue weighted by molar-refractivity contribution is -0.140. The number of sulfonamides is 1. The Balaban J connectivity index is 1.96. The van der Waals surface area contributed by atoms with E-state index in [1.54, 1.807) is 36.4 Å². The van der Waals surface area contributed by atoms with E-state index in [1.165, 1.54) is 17.9 Å². The normalized spacial score (nSPS) is 13.2. The molecule has 2 aromatic rings. The van der Waals surface area contributed by atoms with Gasteiger partial charge < -0.3 is 19.7 Å². The molecular weight excluding hydrogens is 518 g/mol. The van der Waals surface area contributed by atoms with Crippen LogP contribution in [0.4, 0.5) is 5.69 Å². The summed E-state index contributed by atoms with van der Waals surface area (Å²) in [5.74, 6) is -0.125. The minimum absolute atomic E-state index is 0.0369. The molecule has 0 aliphatic carbocycles. The van der Waals surface area contributed by atoms with E-state index in [-0.39, 0.29) is 30.7 Å². The second-order valence-corrected chi connectivity index (χ2v) is 11.2. The van der Waals surface area contributed by atoms with Crippen LogP contribution in [0.25, 0.3) is 0 Å². The number of nitrogens with one attached hydrogen (secondary N) is 1. The van der Waals surface area contributed by atoms with E-state index in [0.717, 1.165) is 17.1 Å². The zero-order chi connectivity index (χ0) is 27.0. The Morgan fingerprint density at radius 3 is 2.49 bits per heavy atom. The molecule has 0 spiro atoms.